The number of aromatic nitrogens is 2. The minimum atomic E-state index is -0.188. The molecule has 84 valence electrons. The van der Waals surface area contributed by atoms with Crippen LogP contribution in [-0.2, 0) is 7.05 Å². The smallest absolute Gasteiger partial charge is 0.320 e. The second kappa shape index (κ2) is 4.82. The molecule has 0 aliphatic carbocycles. The number of aryl methyl sites for hydroxylation is 2. The van der Waals surface area contributed by atoms with Crippen molar-refractivity contribution in [2.24, 2.45) is 7.05 Å². The van der Waals surface area contributed by atoms with Crippen LogP contribution < -0.4 is 10.6 Å². The van der Waals surface area contributed by atoms with Gasteiger partial charge in [0.15, 0.2) is 0 Å². The zero-order valence-corrected chi connectivity index (χ0v) is 9.66. The van der Waals surface area contributed by atoms with Crippen LogP contribution in [-0.4, -0.2) is 21.9 Å². The first kappa shape index (κ1) is 11.6. The van der Waals surface area contributed by atoms with Crippen molar-refractivity contribution in [2.75, 3.05) is 5.32 Å². The second-order valence-electron chi connectivity index (χ2n) is 3.70. The van der Waals surface area contributed by atoms with Crippen LogP contribution in [0, 0.1) is 6.92 Å². The Morgan fingerprint density at radius 1 is 1.67 bits per heavy atom. The van der Waals surface area contributed by atoms with E-state index in [-0.39, 0.29) is 12.1 Å². The predicted octanol–water partition coefficient (Wildman–Crippen LogP) is 1.65. The number of hydrogen-bond donors (Lipinski definition) is 2. The zero-order valence-electron chi connectivity index (χ0n) is 9.66. The number of anilines is 1. The van der Waals surface area contributed by atoms with Gasteiger partial charge in [0.05, 0.1) is 5.69 Å². The van der Waals surface area contributed by atoms with Crippen LogP contribution >= 0.6 is 0 Å². The van der Waals surface area contributed by atoms with Gasteiger partial charge in [-0.15, -0.1) is 0 Å². The van der Waals surface area contributed by atoms with Gasteiger partial charge in [-0.25, -0.2) is 4.79 Å². The third-order valence-corrected chi connectivity index (χ3v) is 2.23. The number of nitrogens with zero attached hydrogens (tertiary/aromatic N) is 2. The summed E-state index contributed by atoms with van der Waals surface area (Å²) in [6.07, 6.45) is 0.915. The molecule has 1 aromatic rings. The first-order chi connectivity index (χ1) is 7.02. The SMILES string of the molecule is CCC(C)NC(=O)Nc1cc(C)nn1C. The summed E-state index contributed by atoms with van der Waals surface area (Å²) in [7, 11) is 1.80. The van der Waals surface area contributed by atoms with Gasteiger partial charge in [-0.2, -0.15) is 5.10 Å². The van der Waals surface area contributed by atoms with Crippen LogP contribution in [0.15, 0.2) is 6.07 Å². The number of carbonyl (C=O) groups is 1. The van der Waals surface area contributed by atoms with E-state index in [0.29, 0.717) is 5.82 Å². The monoisotopic (exact) mass is 210 g/mol. The molecule has 5 heteroatoms. The Labute approximate surface area is 89.9 Å². The molecule has 0 spiro atoms. The normalized spacial score (nSPS) is 12.3. The average Bonchev–Trinajstić information content (AvgIpc) is 2.44. The summed E-state index contributed by atoms with van der Waals surface area (Å²) in [6, 6.07) is 1.82. The van der Waals surface area contributed by atoms with Crippen LogP contribution in [0.4, 0.5) is 10.6 Å². The van der Waals surface area contributed by atoms with Crippen LogP contribution in [0.5, 0.6) is 0 Å². The van der Waals surface area contributed by atoms with E-state index in [4.69, 9.17) is 0 Å². The van der Waals surface area contributed by atoms with Crippen molar-refractivity contribution in [3.63, 3.8) is 0 Å². The van der Waals surface area contributed by atoms with E-state index >= 15 is 0 Å². The highest BCUT2D eigenvalue weighted by Crippen LogP contribution is 2.07. The van der Waals surface area contributed by atoms with Crippen molar-refractivity contribution in [1.29, 1.82) is 0 Å². The zero-order chi connectivity index (χ0) is 11.4. The number of amides is 2. The van der Waals surface area contributed by atoms with Crippen LogP contribution in [0.1, 0.15) is 26.0 Å². The average molecular weight is 210 g/mol. The summed E-state index contributed by atoms with van der Waals surface area (Å²) in [5, 5.41) is 9.71. The quantitative estimate of drug-likeness (QED) is 0.797. The summed E-state index contributed by atoms with van der Waals surface area (Å²) in [5.41, 5.74) is 0.885. The van der Waals surface area contributed by atoms with E-state index in [1.807, 2.05) is 26.8 Å². The van der Waals surface area contributed by atoms with Gasteiger partial charge in [0.1, 0.15) is 5.82 Å². The number of carbonyl (C=O) groups excluding carboxylic acids is 1. The van der Waals surface area contributed by atoms with Crippen molar-refractivity contribution in [1.82, 2.24) is 15.1 Å². The van der Waals surface area contributed by atoms with E-state index in [1.165, 1.54) is 0 Å². The summed E-state index contributed by atoms with van der Waals surface area (Å²) in [4.78, 5) is 11.5. The van der Waals surface area contributed by atoms with Gasteiger partial charge in [-0.1, -0.05) is 6.92 Å². The third kappa shape index (κ3) is 3.27. The van der Waals surface area contributed by atoms with Gasteiger partial charge < -0.3 is 5.32 Å². The fourth-order valence-electron chi connectivity index (χ4n) is 1.21. The fourth-order valence-corrected chi connectivity index (χ4v) is 1.21. The molecule has 0 fully saturated rings. The lowest BCUT2D eigenvalue weighted by Gasteiger charge is -2.12. The first-order valence-electron chi connectivity index (χ1n) is 5.11. The molecule has 0 aromatic carbocycles. The van der Waals surface area contributed by atoms with Gasteiger partial charge in [-0.05, 0) is 20.3 Å². The molecule has 0 radical (unpaired) electrons. The Kier molecular flexibility index (Phi) is 3.71. The molecule has 1 rings (SSSR count). The molecule has 15 heavy (non-hydrogen) atoms. The minimum Gasteiger partial charge on any atom is -0.335 e. The topological polar surface area (TPSA) is 59.0 Å². The standard InChI is InChI=1S/C10H18N4O/c1-5-7(2)11-10(15)12-9-6-8(3)13-14(9)4/h6-7H,5H2,1-4H3,(H2,11,12,15). The summed E-state index contributed by atoms with van der Waals surface area (Å²) >= 11 is 0. The fraction of sp³-hybridized carbons (Fsp3) is 0.600. The summed E-state index contributed by atoms with van der Waals surface area (Å²) in [5.74, 6) is 0.702. The van der Waals surface area contributed by atoms with Crippen molar-refractivity contribution >= 4 is 11.8 Å². The number of nitrogens with one attached hydrogen (secondary N) is 2. The number of hydrogen-bond acceptors (Lipinski definition) is 2. The molecule has 1 unspecified atom stereocenters. The maximum Gasteiger partial charge on any atom is 0.320 e. The molecule has 1 atom stereocenters. The van der Waals surface area contributed by atoms with Gasteiger partial charge in [0.2, 0.25) is 0 Å². The Morgan fingerprint density at radius 3 is 2.80 bits per heavy atom. The third-order valence-electron chi connectivity index (χ3n) is 2.23. The van der Waals surface area contributed by atoms with Gasteiger partial charge >= 0.3 is 6.03 Å². The molecule has 0 aliphatic heterocycles. The van der Waals surface area contributed by atoms with E-state index in [0.717, 1.165) is 12.1 Å². The van der Waals surface area contributed by atoms with Crippen molar-refractivity contribution in [2.45, 2.75) is 33.2 Å². The van der Waals surface area contributed by atoms with E-state index < -0.39 is 0 Å². The highest BCUT2D eigenvalue weighted by molar-refractivity contribution is 5.88. The molecule has 2 N–H and O–H groups in total. The maximum atomic E-state index is 11.5. The van der Waals surface area contributed by atoms with Gasteiger partial charge in [0.25, 0.3) is 0 Å². The van der Waals surface area contributed by atoms with Crippen LogP contribution in [0.3, 0.4) is 0 Å². The largest absolute Gasteiger partial charge is 0.335 e. The van der Waals surface area contributed by atoms with Gasteiger partial charge in [-0.3, -0.25) is 10.00 Å². The van der Waals surface area contributed by atoms with E-state index in [1.54, 1.807) is 11.7 Å². The first-order valence-corrected chi connectivity index (χ1v) is 5.11. The van der Waals surface area contributed by atoms with Gasteiger partial charge in [0, 0.05) is 19.2 Å². The lowest BCUT2D eigenvalue weighted by Crippen LogP contribution is -2.36. The summed E-state index contributed by atoms with van der Waals surface area (Å²) in [6.45, 7) is 5.88. The van der Waals surface area contributed by atoms with Crippen molar-refractivity contribution < 1.29 is 4.79 Å². The number of rotatable bonds is 3. The summed E-state index contributed by atoms with van der Waals surface area (Å²) < 4.78 is 1.64. The molecule has 0 saturated heterocycles. The predicted molar refractivity (Wildman–Crippen MR) is 59.9 cm³/mol. The van der Waals surface area contributed by atoms with E-state index in [2.05, 4.69) is 15.7 Å². The molecule has 5 nitrogen and oxygen atoms in total. The molecule has 0 bridgehead atoms. The molecule has 1 aromatic heterocycles. The lowest BCUT2D eigenvalue weighted by molar-refractivity contribution is 0.248. The van der Waals surface area contributed by atoms with Crippen LogP contribution in [0.25, 0.3) is 0 Å². The lowest BCUT2D eigenvalue weighted by atomic mass is 10.3. The number of urea groups is 1. The molecule has 0 saturated carbocycles. The highest BCUT2D eigenvalue weighted by Gasteiger charge is 2.08. The highest BCUT2D eigenvalue weighted by atomic mass is 16.2. The Bertz CT molecular complexity index is 345. The second-order valence-corrected chi connectivity index (χ2v) is 3.70. The minimum absolute atomic E-state index is 0.180. The Hall–Kier alpha value is -1.52. The molecular weight excluding hydrogens is 192 g/mol. The molecule has 2 amide bonds. The van der Waals surface area contributed by atoms with Crippen molar-refractivity contribution in [3.05, 3.63) is 11.8 Å². The molecule has 1 heterocycles. The Balaban J connectivity index is 2.55. The maximum absolute atomic E-state index is 11.5. The molecular formula is C10H18N4O. The molecule has 0 aliphatic rings. The van der Waals surface area contributed by atoms with Crippen LogP contribution in [0.2, 0.25) is 0 Å². The Morgan fingerprint density at radius 2 is 2.33 bits per heavy atom. The van der Waals surface area contributed by atoms with Crippen molar-refractivity contribution in [3.8, 4) is 0 Å². The van der Waals surface area contributed by atoms with E-state index in [9.17, 15) is 4.79 Å².